The molecule has 0 aromatic carbocycles. The molecule has 0 saturated heterocycles. The molecule has 0 amide bonds. The van der Waals surface area contributed by atoms with E-state index < -0.39 is 97.5 Å². The van der Waals surface area contributed by atoms with Crippen molar-refractivity contribution in [2.45, 2.75) is 354 Å². The van der Waals surface area contributed by atoms with E-state index in [2.05, 4.69) is 113 Å². The van der Waals surface area contributed by atoms with Crippen molar-refractivity contribution >= 4 is 39.5 Å². The van der Waals surface area contributed by atoms with Crippen molar-refractivity contribution in [1.82, 2.24) is 0 Å². The number of rotatable bonds is 73. The number of phosphoric acid groups is 2. The van der Waals surface area contributed by atoms with Crippen LogP contribution in [-0.2, 0) is 65.4 Å². The predicted molar refractivity (Wildman–Crippen MR) is 399 cm³/mol. The number of aliphatic hydroxyl groups is 1. The molecule has 568 valence electrons. The third kappa shape index (κ3) is 70.7. The van der Waals surface area contributed by atoms with Gasteiger partial charge < -0.3 is 33.8 Å². The Labute approximate surface area is 595 Å². The molecule has 5 atom stereocenters. The summed E-state index contributed by atoms with van der Waals surface area (Å²) >= 11 is 0. The topological polar surface area (TPSA) is 237 Å². The Kier molecular flexibility index (Phi) is 68.9. The summed E-state index contributed by atoms with van der Waals surface area (Å²) in [5, 5.41) is 10.6. The first-order valence-corrected chi connectivity index (χ1v) is 41.8. The van der Waals surface area contributed by atoms with Crippen LogP contribution in [0.15, 0.2) is 85.1 Å². The number of phosphoric ester groups is 2. The van der Waals surface area contributed by atoms with Gasteiger partial charge in [0.1, 0.15) is 19.3 Å². The number of unbranched alkanes of at least 4 members (excludes halogenated alkanes) is 34. The minimum absolute atomic E-state index is 0.0766. The average Bonchev–Trinajstić information content (AvgIpc) is 1.04. The Morgan fingerprint density at radius 2 is 0.531 bits per heavy atom. The van der Waals surface area contributed by atoms with E-state index in [1.54, 1.807) is 0 Å². The fraction of sp³-hybridized carbons (Fsp3) is 0.772. The lowest BCUT2D eigenvalue weighted by Gasteiger charge is -2.21. The van der Waals surface area contributed by atoms with Crippen LogP contribution in [0.4, 0.5) is 0 Å². The van der Waals surface area contributed by atoms with Gasteiger partial charge in [0.15, 0.2) is 12.2 Å². The Morgan fingerprint density at radius 3 is 0.847 bits per heavy atom. The van der Waals surface area contributed by atoms with Crippen molar-refractivity contribution in [3.8, 4) is 0 Å². The molecule has 0 aliphatic carbocycles. The molecule has 2 unspecified atom stereocenters. The molecule has 3 N–H and O–H groups in total. The van der Waals surface area contributed by atoms with Crippen molar-refractivity contribution in [3.63, 3.8) is 0 Å². The summed E-state index contributed by atoms with van der Waals surface area (Å²) in [6.07, 6.45) is 72.7. The summed E-state index contributed by atoms with van der Waals surface area (Å²) in [5.41, 5.74) is 0. The molecule has 0 rings (SSSR count). The molecule has 0 saturated carbocycles. The second kappa shape index (κ2) is 71.6. The highest BCUT2D eigenvalue weighted by Crippen LogP contribution is 2.45. The smallest absolute Gasteiger partial charge is 0.462 e. The van der Waals surface area contributed by atoms with Gasteiger partial charge in [-0.25, -0.2) is 9.13 Å². The van der Waals surface area contributed by atoms with Crippen LogP contribution < -0.4 is 0 Å². The van der Waals surface area contributed by atoms with Crippen LogP contribution in [-0.4, -0.2) is 96.7 Å². The number of carbonyl (C=O) groups excluding carboxylic acids is 4. The minimum atomic E-state index is -4.98. The number of hydrogen-bond acceptors (Lipinski definition) is 15. The van der Waals surface area contributed by atoms with Gasteiger partial charge in [-0.1, -0.05) is 254 Å². The second-order valence-electron chi connectivity index (χ2n) is 26.0. The second-order valence-corrected chi connectivity index (χ2v) is 28.9. The number of aliphatic hydroxyl groups excluding tert-OH is 1. The lowest BCUT2D eigenvalue weighted by molar-refractivity contribution is -0.161. The van der Waals surface area contributed by atoms with E-state index >= 15 is 0 Å². The lowest BCUT2D eigenvalue weighted by Crippen LogP contribution is -2.30. The van der Waals surface area contributed by atoms with Crippen molar-refractivity contribution < 1.29 is 80.2 Å². The monoisotopic (exact) mass is 1420 g/mol. The fourth-order valence-electron chi connectivity index (χ4n) is 10.3. The van der Waals surface area contributed by atoms with E-state index in [9.17, 15) is 43.2 Å². The minimum Gasteiger partial charge on any atom is -0.462 e. The summed E-state index contributed by atoms with van der Waals surface area (Å²) in [6.45, 7) is 4.76. The predicted octanol–water partition coefficient (Wildman–Crippen LogP) is 22.2. The lowest BCUT2D eigenvalue weighted by atomic mass is 10.1. The van der Waals surface area contributed by atoms with Gasteiger partial charge in [0.25, 0.3) is 0 Å². The van der Waals surface area contributed by atoms with Crippen LogP contribution in [0.5, 0.6) is 0 Å². The molecule has 0 radical (unpaired) electrons. The molecule has 17 nitrogen and oxygen atoms in total. The fourth-order valence-corrected chi connectivity index (χ4v) is 11.9. The van der Waals surface area contributed by atoms with Gasteiger partial charge in [-0.3, -0.25) is 37.3 Å². The zero-order valence-electron chi connectivity index (χ0n) is 62.0. The van der Waals surface area contributed by atoms with Crippen LogP contribution in [0.2, 0.25) is 0 Å². The first-order valence-electron chi connectivity index (χ1n) is 38.8. The molecule has 19 heteroatoms. The maximum atomic E-state index is 13.1. The van der Waals surface area contributed by atoms with Gasteiger partial charge in [0.2, 0.25) is 0 Å². The van der Waals surface area contributed by atoms with Gasteiger partial charge in [-0.2, -0.15) is 0 Å². The highest BCUT2D eigenvalue weighted by molar-refractivity contribution is 7.47. The number of allylic oxidation sites excluding steroid dienone is 14. The zero-order chi connectivity index (χ0) is 71.8. The molecule has 98 heavy (non-hydrogen) atoms. The van der Waals surface area contributed by atoms with E-state index in [0.29, 0.717) is 25.7 Å². The normalized spacial score (nSPS) is 14.4. The van der Waals surface area contributed by atoms with Crippen molar-refractivity contribution in [2.75, 3.05) is 39.6 Å². The zero-order valence-corrected chi connectivity index (χ0v) is 63.7. The Morgan fingerprint density at radius 1 is 0.296 bits per heavy atom. The van der Waals surface area contributed by atoms with Crippen LogP contribution in [0.3, 0.4) is 0 Å². The summed E-state index contributed by atoms with van der Waals surface area (Å²) in [6, 6.07) is 0. The molecule has 0 fully saturated rings. The van der Waals surface area contributed by atoms with Crippen LogP contribution in [0.1, 0.15) is 336 Å². The van der Waals surface area contributed by atoms with Gasteiger partial charge in [0.05, 0.1) is 26.4 Å². The van der Waals surface area contributed by atoms with E-state index in [1.165, 1.54) is 89.9 Å². The molecule has 0 aliphatic heterocycles. The van der Waals surface area contributed by atoms with Gasteiger partial charge in [-0.05, 0) is 141 Å². The standard InChI is InChI=1S/C79H140O17P2/c1-5-9-13-17-21-25-29-33-36-40-44-48-52-56-60-64-77(82)90-70-75(96-79(84)66-62-58-54-50-46-42-38-35-31-27-23-19-15-11-7-3)72-94-98(87,88)92-68-73(80)67-91-97(85,86)93-71-74(69-89-76(81)63-59-55-51-47-43-39-32-28-24-20-16-12-8-4)95-78(83)65-61-57-53-49-45-41-37-34-30-26-22-18-14-10-6-2/h21,23,25-28,30,32-38,73-75,80H,5-20,22,24,29,31,39-72H2,1-4H3,(H,85,86)(H,87,88)/b25-21-,27-23-,30-26-,32-28-,36-33-,37-34-,38-35-/t73-,74-,75-/m1/s1. The highest BCUT2D eigenvalue weighted by atomic mass is 31.2. The van der Waals surface area contributed by atoms with Gasteiger partial charge in [0, 0.05) is 25.7 Å². The number of ether oxygens (including phenoxy) is 4. The van der Waals surface area contributed by atoms with E-state index in [1.807, 2.05) is 0 Å². The van der Waals surface area contributed by atoms with Crippen LogP contribution >= 0.6 is 15.6 Å². The summed E-state index contributed by atoms with van der Waals surface area (Å²) < 4.78 is 68.5. The largest absolute Gasteiger partial charge is 0.472 e. The maximum Gasteiger partial charge on any atom is 0.472 e. The van der Waals surface area contributed by atoms with Crippen LogP contribution in [0, 0.1) is 0 Å². The van der Waals surface area contributed by atoms with Gasteiger partial charge in [-0.15, -0.1) is 0 Å². The molecular weight excluding hydrogens is 1280 g/mol. The number of hydrogen-bond donors (Lipinski definition) is 3. The third-order valence-corrected chi connectivity index (χ3v) is 18.2. The van der Waals surface area contributed by atoms with E-state index in [0.717, 1.165) is 167 Å². The van der Waals surface area contributed by atoms with Crippen molar-refractivity contribution in [3.05, 3.63) is 85.1 Å². The quantitative estimate of drug-likeness (QED) is 0.0128. The molecule has 0 spiro atoms. The van der Waals surface area contributed by atoms with E-state index in [4.69, 9.17) is 37.0 Å². The molecule has 0 aromatic heterocycles. The summed E-state index contributed by atoms with van der Waals surface area (Å²) in [4.78, 5) is 72.9. The Hall–Kier alpha value is -3.76. The number of carbonyl (C=O) groups is 4. The average molecular weight is 1420 g/mol. The van der Waals surface area contributed by atoms with Gasteiger partial charge >= 0.3 is 39.5 Å². The SMILES string of the molecule is CCCCC/C=C\C/C=C\CCCCCCCC(=O)OC[C@H](COP(=O)(O)OC[C@H](O)COP(=O)(O)OC[C@@H](COC(=O)CCCCCCC/C=C\CCCCCC)OC(=O)CCCCCCC/C=C\C=C/CCCCCC)OC(=O)CCCCCCC/C=C\C/C=C\CCCCC. The van der Waals surface area contributed by atoms with Crippen LogP contribution in [0.25, 0.3) is 0 Å². The highest BCUT2D eigenvalue weighted by Gasteiger charge is 2.30. The first kappa shape index (κ1) is 94.2. The molecule has 0 aliphatic rings. The van der Waals surface area contributed by atoms with Crippen molar-refractivity contribution in [2.24, 2.45) is 0 Å². The molecule has 0 bridgehead atoms. The first-order chi connectivity index (χ1) is 47.7. The molecule has 0 aromatic rings. The maximum absolute atomic E-state index is 13.1. The Balaban J connectivity index is 5.38. The third-order valence-electron chi connectivity index (χ3n) is 16.3. The molecule has 0 heterocycles. The Bertz CT molecular complexity index is 2190. The summed E-state index contributed by atoms with van der Waals surface area (Å²) in [5.74, 6) is -2.22. The number of esters is 4. The summed E-state index contributed by atoms with van der Waals surface area (Å²) in [7, 11) is -9.96. The van der Waals surface area contributed by atoms with Crippen molar-refractivity contribution in [1.29, 1.82) is 0 Å². The molecular formula is C79H140O17P2. The van der Waals surface area contributed by atoms with E-state index in [-0.39, 0.29) is 25.7 Å².